The number of aromatic nitrogens is 3. The minimum absolute atomic E-state index is 0.574. The molecule has 1 aliphatic rings. The summed E-state index contributed by atoms with van der Waals surface area (Å²) in [7, 11) is 0. The van der Waals surface area contributed by atoms with Gasteiger partial charge in [0.25, 0.3) is 0 Å². The van der Waals surface area contributed by atoms with Gasteiger partial charge in [-0.05, 0) is 32.0 Å². The summed E-state index contributed by atoms with van der Waals surface area (Å²) in [5, 5.41) is 4.31. The summed E-state index contributed by atoms with van der Waals surface area (Å²) in [5.41, 5.74) is 2.80. The first-order valence-corrected chi connectivity index (χ1v) is 7.20. The summed E-state index contributed by atoms with van der Waals surface area (Å²) in [5.74, 6) is 3.03. The Hall–Kier alpha value is -2.76. The predicted molar refractivity (Wildman–Crippen MR) is 84.1 cm³/mol. The third kappa shape index (κ3) is 2.22. The number of hydrogen-bond donors (Lipinski definition) is 2. The van der Waals surface area contributed by atoms with Crippen molar-refractivity contribution in [2.45, 2.75) is 13.8 Å². The van der Waals surface area contributed by atoms with Crippen LogP contribution in [0.2, 0.25) is 0 Å². The number of fused-ring (bicyclic) bond motifs is 2. The van der Waals surface area contributed by atoms with Crippen molar-refractivity contribution in [2.24, 2.45) is 0 Å². The molecule has 0 saturated heterocycles. The van der Waals surface area contributed by atoms with E-state index in [9.17, 15) is 0 Å². The Bertz CT molecular complexity index is 857. The largest absolute Gasteiger partial charge is 0.486 e. The van der Waals surface area contributed by atoms with Gasteiger partial charge in [0.2, 0.25) is 0 Å². The number of H-pyrrole nitrogens is 1. The second-order valence-corrected chi connectivity index (χ2v) is 5.32. The van der Waals surface area contributed by atoms with Crippen molar-refractivity contribution in [3.63, 3.8) is 0 Å². The molecule has 0 bridgehead atoms. The lowest BCUT2D eigenvalue weighted by atomic mass is 10.2. The Labute approximate surface area is 127 Å². The van der Waals surface area contributed by atoms with Crippen molar-refractivity contribution in [2.75, 3.05) is 18.5 Å². The van der Waals surface area contributed by atoms with E-state index in [0.29, 0.717) is 13.2 Å². The summed E-state index contributed by atoms with van der Waals surface area (Å²) in [6.07, 6.45) is 0. The Morgan fingerprint density at radius 3 is 2.73 bits per heavy atom. The Balaban J connectivity index is 1.74. The second-order valence-electron chi connectivity index (χ2n) is 5.32. The molecule has 2 N–H and O–H groups in total. The first kappa shape index (κ1) is 12.9. The number of anilines is 2. The summed E-state index contributed by atoms with van der Waals surface area (Å²) in [6.45, 7) is 5.05. The molecule has 0 saturated carbocycles. The van der Waals surface area contributed by atoms with E-state index < -0.39 is 0 Å². The molecule has 112 valence electrons. The third-order valence-corrected chi connectivity index (χ3v) is 3.54. The molecular weight excluding hydrogens is 280 g/mol. The fourth-order valence-corrected chi connectivity index (χ4v) is 2.61. The van der Waals surface area contributed by atoms with Gasteiger partial charge < -0.3 is 19.8 Å². The van der Waals surface area contributed by atoms with Gasteiger partial charge in [-0.1, -0.05) is 0 Å². The van der Waals surface area contributed by atoms with Crippen LogP contribution in [0.1, 0.15) is 11.5 Å². The molecule has 3 aromatic rings. The van der Waals surface area contributed by atoms with Gasteiger partial charge in [0.15, 0.2) is 11.5 Å². The molecule has 22 heavy (non-hydrogen) atoms. The van der Waals surface area contributed by atoms with Crippen molar-refractivity contribution in [1.82, 2.24) is 15.0 Å². The summed E-state index contributed by atoms with van der Waals surface area (Å²) >= 11 is 0. The lowest BCUT2D eigenvalue weighted by Crippen LogP contribution is -2.15. The number of aryl methyl sites for hydroxylation is 2. The van der Waals surface area contributed by atoms with Crippen LogP contribution in [0.25, 0.3) is 11.0 Å². The highest BCUT2D eigenvalue weighted by Crippen LogP contribution is 2.34. The minimum Gasteiger partial charge on any atom is -0.486 e. The lowest BCUT2D eigenvalue weighted by molar-refractivity contribution is 0.171. The van der Waals surface area contributed by atoms with Gasteiger partial charge in [-0.25, -0.2) is 9.97 Å². The van der Waals surface area contributed by atoms with E-state index in [2.05, 4.69) is 20.3 Å². The molecule has 4 rings (SSSR count). The van der Waals surface area contributed by atoms with Crippen LogP contribution < -0.4 is 14.8 Å². The molecule has 0 amide bonds. The number of rotatable bonds is 2. The Morgan fingerprint density at radius 1 is 1.05 bits per heavy atom. The zero-order chi connectivity index (χ0) is 15.1. The maximum absolute atomic E-state index is 5.61. The smallest absolute Gasteiger partial charge is 0.163 e. The van der Waals surface area contributed by atoms with E-state index in [1.165, 1.54) is 0 Å². The molecule has 0 radical (unpaired) electrons. The van der Waals surface area contributed by atoms with Crippen molar-refractivity contribution in [1.29, 1.82) is 0 Å². The summed E-state index contributed by atoms with van der Waals surface area (Å²) in [4.78, 5) is 12.2. The monoisotopic (exact) mass is 296 g/mol. The van der Waals surface area contributed by atoms with Crippen LogP contribution in [0.4, 0.5) is 11.5 Å². The number of hydrogen-bond acceptors (Lipinski definition) is 5. The van der Waals surface area contributed by atoms with Crippen molar-refractivity contribution >= 4 is 22.5 Å². The molecule has 2 aromatic heterocycles. The molecule has 0 spiro atoms. The van der Waals surface area contributed by atoms with E-state index in [1.54, 1.807) is 0 Å². The van der Waals surface area contributed by atoms with Crippen LogP contribution >= 0.6 is 0 Å². The molecule has 1 aliphatic heterocycles. The first-order valence-electron chi connectivity index (χ1n) is 7.20. The molecule has 0 fully saturated rings. The average molecular weight is 296 g/mol. The van der Waals surface area contributed by atoms with Gasteiger partial charge in [0.1, 0.15) is 30.5 Å². The van der Waals surface area contributed by atoms with E-state index >= 15 is 0 Å². The molecule has 0 atom stereocenters. The number of benzene rings is 1. The molecule has 0 unspecified atom stereocenters. The van der Waals surface area contributed by atoms with Gasteiger partial charge >= 0.3 is 0 Å². The van der Waals surface area contributed by atoms with Crippen molar-refractivity contribution < 1.29 is 9.47 Å². The SMILES string of the molecule is Cc1nc(Nc2ccc3c(c2)OCCO3)c2cc(C)[nH]c2n1. The Kier molecular flexibility index (Phi) is 2.89. The normalized spacial score (nSPS) is 13.4. The van der Waals surface area contributed by atoms with E-state index in [-0.39, 0.29) is 0 Å². The number of ether oxygens (including phenoxy) is 2. The molecule has 6 nitrogen and oxygen atoms in total. The fraction of sp³-hybridized carbons (Fsp3) is 0.250. The van der Waals surface area contributed by atoms with Crippen LogP contribution in [-0.4, -0.2) is 28.2 Å². The zero-order valence-electron chi connectivity index (χ0n) is 12.4. The summed E-state index contributed by atoms with van der Waals surface area (Å²) in [6, 6.07) is 7.83. The lowest BCUT2D eigenvalue weighted by Gasteiger charge is -2.19. The number of nitrogens with one attached hydrogen (secondary N) is 2. The number of nitrogens with zero attached hydrogens (tertiary/aromatic N) is 2. The zero-order valence-corrected chi connectivity index (χ0v) is 12.4. The summed E-state index contributed by atoms with van der Waals surface area (Å²) < 4.78 is 11.2. The average Bonchev–Trinajstić information content (AvgIpc) is 2.87. The van der Waals surface area contributed by atoms with Gasteiger partial charge in [0, 0.05) is 17.4 Å². The van der Waals surface area contributed by atoms with Gasteiger partial charge in [-0.15, -0.1) is 0 Å². The van der Waals surface area contributed by atoms with E-state index in [0.717, 1.165) is 45.6 Å². The molecular formula is C16H16N4O2. The van der Waals surface area contributed by atoms with Gasteiger partial charge in [-0.2, -0.15) is 0 Å². The molecule has 3 heterocycles. The van der Waals surface area contributed by atoms with Gasteiger partial charge in [-0.3, -0.25) is 0 Å². The highest BCUT2D eigenvalue weighted by Gasteiger charge is 2.13. The highest BCUT2D eigenvalue weighted by molar-refractivity contribution is 5.89. The fourth-order valence-electron chi connectivity index (χ4n) is 2.61. The predicted octanol–water partition coefficient (Wildman–Crippen LogP) is 3.09. The molecule has 0 aliphatic carbocycles. The molecule has 1 aromatic carbocycles. The maximum Gasteiger partial charge on any atom is 0.163 e. The quantitative estimate of drug-likeness (QED) is 0.760. The third-order valence-electron chi connectivity index (χ3n) is 3.54. The first-order chi connectivity index (χ1) is 10.7. The van der Waals surface area contributed by atoms with Crippen molar-refractivity contribution in [3.05, 3.63) is 35.8 Å². The highest BCUT2D eigenvalue weighted by atomic mass is 16.6. The number of aromatic amines is 1. The van der Waals surface area contributed by atoms with Gasteiger partial charge in [0.05, 0.1) is 5.39 Å². The van der Waals surface area contributed by atoms with Crippen LogP contribution in [0.5, 0.6) is 11.5 Å². The van der Waals surface area contributed by atoms with E-state index in [4.69, 9.17) is 9.47 Å². The Morgan fingerprint density at radius 2 is 1.86 bits per heavy atom. The van der Waals surface area contributed by atoms with Crippen molar-refractivity contribution in [3.8, 4) is 11.5 Å². The van der Waals surface area contributed by atoms with Crippen LogP contribution in [-0.2, 0) is 0 Å². The molecule has 6 heteroatoms. The van der Waals surface area contributed by atoms with Crippen LogP contribution in [0.15, 0.2) is 24.3 Å². The topological polar surface area (TPSA) is 72.1 Å². The second kappa shape index (κ2) is 4.91. The minimum atomic E-state index is 0.574. The van der Waals surface area contributed by atoms with Crippen LogP contribution in [0.3, 0.4) is 0 Å². The van der Waals surface area contributed by atoms with E-state index in [1.807, 2.05) is 38.1 Å². The van der Waals surface area contributed by atoms with Crippen LogP contribution in [0, 0.1) is 13.8 Å². The standard InChI is InChI=1S/C16H16N4O2/c1-9-7-12-15(17-9)18-10(2)19-16(12)20-11-3-4-13-14(8-11)22-6-5-21-13/h3-4,7-8H,5-6H2,1-2H3,(H2,17,18,19,20). The maximum atomic E-state index is 5.61.